The van der Waals surface area contributed by atoms with Crippen LogP contribution in [0, 0.1) is 5.92 Å². The molecule has 0 saturated heterocycles. The maximum atomic E-state index is 10.7. The first kappa shape index (κ1) is 15.3. The van der Waals surface area contributed by atoms with E-state index in [0.29, 0.717) is 5.75 Å². The summed E-state index contributed by atoms with van der Waals surface area (Å²) in [5.41, 5.74) is 1.52. The number of nitrogens with zero attached hydrogens (tertiary/aromatic N) is 1. The van der Waals surface area contributed by atoms with E-state index in [0.717, 1.165) is 42.1 Å². The molecule has 1 saturated carbocycles. The number of aromatic nitrogens is 1. The highest BCUT2D eigenvalue weighted by Gasteiger charge is 2.29. The van der Waals surface area contributed by atoms with Crippen LogP contribution in [0.5, 0.6) is 5.75 Å². The highest BCUT2D eigenvalue weighted by molar-refractivity contribution is 5.83. The summed E-state index contributed by atoms with van der Waals surface area (Å²) in [4.78, 5) is 4.35. The second-order valence-corrected chi connectivity index (χ2v) is 6.12. The molecule has 2 aromatic rings. The van der Waals surface area contributed by atoms with Crippen molar-refractivity contribution in [3.63, 3.8) is 0 Å². The van der Waals surface area contributed by atoms with Gasteiger partial charge in [-0.1, -0.05) is 31.4 Å². The van der Waals surface area contributed by atoms with Crippen LogP contribution >= 0.6 is 0 Å². The number of fused-ring (bicyclic) bond motifs is 1. The number of aliphatic hydroxyl groups excluding tert-OH is 2. The zero-order valence-corrected chi connectivity index (χ0v) is 12.9. The molecule has 1 heterocycles. The van der Waals surface area contributed by atoms with E-state index in [1.165, 1.54) is 6.42 Å². The Balaban J connectivity index is 1.93. The van der Waals surface area contributed by atoms with Crippen LogP contribution in [0.3, 0.4) is 0 Å². The molecule has 4 heteroatoms. The van der Waals surface area contributed by atoms with E-state index in [-0.39, 0.29) is 5.92 Å². The molecule has 0 radical (unpaired) electrons. The zero-order valence-electron chi connectivity index (χ0n) is 12.9. The summed E-state index contributed by atoms with van der Waals surface area (Å²) < 4.78 is 5.23. The minimum absolute atomic E-state index is 0.178. The quantitative estimate of drug-likeness (QED) is 0.910. The van der Waals surface area contributed by atoms with Gasteiger partial charge in [0.25, 0.3) is 0 Å². The van der Waals surface area contributed by atoms with E-state index in [1.54, 1.807) is 13.3 Å². The molecule has 2 N–H and O–H groups in total. The Hall–Kier alpha value is -1.65. The van der Waals surface area contributed by atoms with Crippen molar-refractivity contribution in [2.45, 2.75) is 44.3 Å². The number of aliphatic hydroxyl groups is 2. The number of hydrogen-bond donors (Lipinski definition) is 2. The Morgan fingerprint density at radius 3 is 2.68 bits per heavy atom. The summed E-state index contributed by atoms with van der Waals surface area (Å²) in [6, 6.07) is 7.50. The van der Waals surface area contributed by atoms with Gasteiger partial charge in [-0.3, -0.25) is 4.98 Å². The van der Waals surface area contributed by atoms with Gasteiger partial charge in [-0.05, 0) is 36.5 Å². The maximum absolute atomic E-state index is 10.7. The molecule has 1 fully saturated rings. The predicted molar refractivity (Wildman–Crippen MR) is 85.8 cm³/mol. The lowest BCUT2D eigenvalue weighted by atomic mass is 9.81. The van der Waals surface area contributed by atoms with Gasteiger partial charge in [0, 0.05) is 5.39 Å². The van der Waals surface area contributed by atoms with Crippen LogP contribution in [0.4, 0.5) is 0 Å². The van der Waals surface area contributed by atoms with Crippen molar-refractivity contribution in [1.29, 1.82) is 0 Å². The molecule has 118 valence electrons. The molecular weight excluding hydrogens is 278 g/mol. The topological polar surface area (TPSA) is 62.6 Å². The molecule has 0 spiro atoms. The van der Waals surface area contributed by atoms with Gasteiger partial charge in [0.1, 0.15) is 11.9 Å². The van der Waals surface area contributed by atoms with Crippen molar-refractivity contribution in [2.75, 3.05) is 7.11 Å². The largest absolute Gasteiger partial charge is 0.495 e. The van der Waals surface area contributed by atoms with Gasteiger partial charge in [0.15, 0.2) is 0 Å². The lowest BCUT2D eigenvalue weighted by Crippen LogP contribution is -2.29. The van der Waals surface area contributed by atoms with Crippen LogP contribution in [-0.4, -0.2) is 28.4 Å². The fraction of sp³-hybridized carbons (Fsp3) is 0.500. The van der Waals surface area contributed by atoms with Crippen molar-refractivity contribution in [2.24, 2.45) is 5.92 Å². The third-order valence-electron chi connectivity index (χ3n) is 4.74. The van der Waals surface area contributed by atoms with Gasteiger partial charge in [-0.2, -0.15) is 0 Å². The molecule has 4 nitrogen and oxygen atoms in total. The van der Waals surface area contributed by atoms with E-state index in [2.05, 4.69) is 4.98 Å². The van der Waals surface area contributed by atoms with Crippen LogP contribution in [-0.2, 0) is 0 Å². The highest BCUT2D eigenvalue weighted by Crippen LogP contribution is 2.35. The average Bonchev–Trinajstić information content (AvgIpc) is 2.60. The summed E-state index contributed by atoms with van der Waals surface area (Å²) in [5, 5.41) is 22.1. The van der Waals surface area contributed by atoms with E-state index in [4.69, 9.17) is 4.74 Å². The summed E-state index contributed by atoms with van der Waals surface area (Å²) in [7, 11) is 1.60. The predicted octanol–water partition coefficient (Wildman–Crippen LogP) is 3.22. The first-order valence-electron chi connectivity index (χ1n) is 7.99. The molecule has 1 aliphatic rings. The van der Waals surface area contributed by atoms with Crippen molar-refractivity contribution >= 4 is 10.9 Å². The molecule has 1 aliphatic carbocycles. The molecule has 2 unspecified atom stereocenters. The number of rotatable bonds is 4. The Bertz CT molecular complexity index is 637. The second-order valence-electron chi connectivity index (χ2n) is 6.12. The smallest absolute Gasteiger partial charge is 0.137 e. The van der Waals surface area contributed by atoms with Gasteiger partial charge >= 0.3 is 0 Å². The molecule has 1 aromatic carbocycles. The van der Waals surface area contributed by atoms with Crippen LogP contribution in [0.1, 0.15) is 43.8 Å². The van der Waals surface area contributed by atoms with Crippen molar-refractivity contribution in [1.82, 2.24) is 4.98 Å². The highest BCUT2D eigenvalue weighted by atomic mass is 16.5. The van der Waals surface area contributed by atoms with E-state index in [1.807, 2.05) is 24.3 Å². The molecule has 1 aromatic heterocycles. The number of benzene rings is 1. The van der Waals surface area contributed by atoms with Crippen LogP contribution in [0.25, 0.3) is 10.9 Å². The van der Waals surface area contributed by atoms with E-state index >= 15 is 0 Å². The van der Waals surface area contributed by atoms with Gasteiger partial charge in [-0.15, -0.1) is 0 Å². The van der Waals surface area contributed by atoms with Crippen LogP contribution in [0.15, 0.2) is 30.5 Å². The lowest BCUT2D eigenvalue weighted by Gasteiger charge is -2.30. The number of ether oxygens (including phenoxy) is 1. The maximum Gasteiger partial charge on any atom is 0.137 e. The fourth-order valence-electron chi connectivity index (χ4n) is 3.44. The number of hydrogen-bond acceptors (Lipinski definition) is 4. The zero-order chi connectivity index (χ0) is 15.5. The summed E-state index contributed by atoms with van der Waals surface area (Å²) in [5.74, 6) is 0.830. The summed E-state index contributed by atoms with van der Waals surface area (Å²) in [6.45, 7) is 0. The van der Waals surface area contributed by atoms with E-state index < -0.39 is 12.2 Å². The third-order valence-corrected chi connectivity index (χ3v) is 4.74. The SMILES string of the molecule is COc1cnc2cccc(C(O)C(O)C3CCCCC3)c2c1. The van der Waals surface area contributed by atoms with Gasteiger partial charge in [0.2, 0.25) is 0 Å². The minimum atomic E-state index is -0.888. The molecular formula is C18H23NO3. The average molecular weight is 301 g/mol. The van der Waals surface area contributed by atoms with E-state index in [9.17, 15) is 10.2 Å². The Morgan fingerprint density at radius 1 is 1.18 bits per heavy atom. The van der Waals surface area contributed by atoms with Gasteiger partial charge in [0.05, 0.1) is 24.9 Å². The monoisotopic (exact) mass is 301 g/mol. The molecule has 2 atom stereocenters. The first-order chi connectivity index (χ1) is 10.7. The standard InChI is InChI=1S/C18H23NO3/c1-22-13-10-15-14(8-5-9-16(15)19-11-13)18(21)17(20)12-6-3-2-4-7-12/h5,8-12,17-18,20-21H,2-4,6-7H2,1H3. The Kier molecular flexibility index (Phi) is 4.60. The summed E-state index contributed by atoms with van der Waals surface area (Å²) >= 11 is 0. The number of methoxy groups -OCH3 is 1. The Labute approximate surface area is 130 Å². The number of pyridine rings is 1. The van der Waals surface area contributed by atoms with Crippen molar-refractivity contribution in [3.05, 3.63) is 36.0 Å². The normalized spacial score (nSPS) is 19.0. The lowest BCUT2D eigenvalue weighted by molar-refractivity contribution is -0.0278. The van der Waals surface area contributed by atoms with Crippen molar-refractivity contribution in [3.8, 4) is 5.75 Å². The van der Waals surface area contributed by atoms with Gasteiger partial charge < -0.3 is 14.9 Å². The van der Waals surface area contributed by atoms with Crippen LogP contribution in [0.2, 0.25) is 0 Å². The minimum Gasteiger partial charge on any atom is -0.495 e. The van der Waals surface area contributed by atoms with Crippen LogP contribution < -0.4 is 4.74 Å². The molecule has 0 amide bonds. The second kappa shape index (κ2) is 6.63. The molecule has 0 aliphatic heterocycles. The fourth-order valence-corrected chi connectivity index (χ4v) is 3.44. The van der Waals surface area contributed by atoms with Crippen molar-refractivity contribution < 1.29 is 14.9 Å². The molecule has 0 bridgehead atoms. The molecule has 22 heavy (non-hydrogen) atoms. The summed E-state index contributed by atoms with van der Waals surface area (Å²) in [6.07, 6.45) is 5.54. The Morgan fingerprint density at radius 2 is 1.95 bits per heavy atom. The van der Waals surface area contributed by atoms with Gasteiger partial charge in [-0.25, -0.2) is 0 Å². The third kappa shape index (κ3) is 2.94. The first-order valence-corrected chi connectivity index (χ1v) is 7.99. The molecule has 3 rings (SSSR count).